The summed E-state index contributed by atoms with van der Waals surface area (Å²) < 4.78 is 5.95. The van der Waals surface area contributed by atoms with Gasteiger partial charge in [0.1, 0.15) is 0 Å². The molecule has 5 N–H and O–H groups in total. The van der Waals surface area contributed by atoms with Crippen molar-refractivity contribution >= 4 is 57.4 Å². The lowest BCUT2D eigenvalue weighted by molar-refractivity contribution is -0.685. The number of aliphatic imine (C=N–C) groups is 7. The molecule has 16 nitrogen and oxygen atoms in total. The molecule has 0 saturated carbocycles. The number of nitrogens with one attached hydrogen (secondary N) is 1. The molecule has 9 rings (SSSR count). The molecule has 9 heterocycles. The molecule has 0 amide bonds. The van der Waals surface area contributed by atoms with E-state index >= 15 is 0 Å². The topological polar surface area (TPSA) is 198 Å². The number of pyridine rings is 3. The highest BCUT2D eigenvalue weighted by Crippen LogP contribution is 2.37. The van der Waals surface area contributed by atoms with Crippen LogP contribution in [0.15, 0.2) is 210 Å². The number of rotatable bonds is 23. The average molecular weight is 1070 g/mol. The van der Waals surface area contributed by atoms with Crippen molar-refractivity contribution in [3.63, 3.8) is 0 Å². The number of allylic oxidation sites excluding steroid dienone is 11. The van der Waals surface area contributed by atoms with Crippen molar-refractivity contribution in [3.05, 3.63) is 203 Å². The fraction of sp³-hybridized carbons (Fsp3) is 0.312. The van der Waals surface area contributed by atoms with Gasteiger partial charge in [-0.3, -0.25) is 20.0 Å². The van der Waals surface area contributed by atoms with E-state index in [1.54, 1.807) is 0 Å². The standard InChI is InChI=1S/C64H70N12O4/c1-5-9-33-65-57(77)41-73-37-17-13-21-53(73)61-45-25-27-47(69-45)62(54-22-14-18-38-74(54)42-58(78)66-34-10-6-2)49-29-31-51(71-49)64(56-24-16-20-40-76(56)44-60(80)68-36-12-8-4)52-32-30-50(72-52)63(48-28-26-46(61)70-48)55-23-15-19-39-75(55)43-59(79)67-35-11-7-3/h13-32,37-40H,5-12,33-36,41-44H2,1-4H3,(H2-3,65,66,67,68,69,70,71,72,77,78,79,80)/p+3. The first kappa shape index (κ1) is 55.8. The summed E-state index contributed by atoms with van der Waals surface area (Å²) in [5, 5.41) is 45.2. The molecule has 8 bridgehead atoms. The number of hydrogen-bond acceptors (Lipinski definition) is 8. The minimum atomic E-state index is 0.0169. The van der Waals surface area contributed by atoms with Crippen LogP contribution < -0.4 is 13.7 Å². The Morgan fingerprint density at radius 1 is 0.450 bits per heavy atom. The van der Waals surface area contributed by atoms with Crippen LogP contribution in [0, 0.1) is 0 Å². The zero-order chi connectivity index (χ0) is 55.8. The predicted molar refractivity (Wildman–Crippen MR) is 321 cm³/mol. The second kappa shape index (κ2) is 27.1. The van der Waals surface area contributed by atoms with Crippen molar-refractivity contribution in [1.29, 1.82) is 0 Å². The van der Waals surface area contributed by atoms with E-state index in [-0.39, 0.29) is 49.8 Å². The van der Waals surface area contributed by atoms with E-state index in [1.165, 1.54) is 0 Å². The van der Waals surface area contributed by atoms with E-state index in [0.717, 1.165) is 96.7 Å². The summed E-state index contributed by atoms with van der Waals surface area (Å²) in [6.07, 6.45) is 32.9. The molecule has 16 heteroatoms. The first-order valence-electron chi connectivity index (χ1n) is 28.1. The molecule has 0 aliphatic carbocycles. The summed E-state index contributed by atoms with van der Waals surface area (Å²) in [5.41, 5.74) is 11.3. The Hall–Kier alpha value is -8.92. The summed E-state index contributed by atoms with van der Waals surface area (Å²) >= 11 is 0. The van der Waals surface area contributed by atoms with Crippen LogP contribution in [-0.4, -0.2) is 104 Å². The van der Waals surface area contributed by atoms with Crippen molar-refractivity contribution < 1.29 is 34.1 Å². The van der Waals surface area contributed by atoms with Gasteiger partial charge >= 0.3 is 0 Å². The van der Waals surface area contributed by atoms with E-state index in [1.807, 2.05) is 165 Å². The van der Waals surface area contributed by atoms with E-state index in [2.05, 4.69) is 52.6 Å². The number of unbranched alkanes of at least 4 members (excludes halogenated alkanes) is 4. The molecule has 0 aromatic carbocycles. The minimum absolute atomic E-state index is 0.0169. The highest BCUT2D eigenvalue weighted by atomic mass is 16.3. The largest absolute Gasteiger partial charge is 0.495 e. The Morgan fingerprint density at radius 3 is 1.26 bits per heavy atom. The quantitative estimate of drug-likeness (QED) is 0.0213. The Morgan fingerprint density at radius 2 is 0.838 bits per heavy atom. The first-order valence-corrected chi connectivity index (χ1v) is 28.1. The number of hydrogen-bond donors (Lipinski definition) is 5. The van der Waals surface area contributed by atoms with E-state index < -0.39 is 0 Å². The summed E-state index contributed by atoms with van der Waals surface area (Å²) in [5.74, 6) is 0.0797. The molecule has 0 atom stereocenters. The molecule has 5 aliphatic rings. The van der Waals surface area contributed by atoms with Gasteiger partial charge in [0, 0.05) is 74.4 Å². The molecular formula is C64H73N12O4+3. The number of fused-ring (bicyclic) bond motifs is 5. The molecule has 5 aliphatic heterocycles. The van der Waals surface area contributed by atoms with Gasteiger partial charge in [0.25, 0.3) is 0 Å². The monoisotopic (exact) mass is 1070 g/mol. The summed E-state index contributed by atoms with van der Waals surface area (Å²) in [6, 6.07) is 21.9. The van der Waals surface area contributed by atoms with Gasteiger partial charge in [0.15, 0.2) is 18.6 Å². The van der Waals surface area contributed by atoms with Gasteiger partial charge in [-0.1, -0.05) is 59.5 Å². The third kappa shape index (κ3) is 13.3. The number of aromatic nitrogens is 4. The van der Waals surface area contributed by atoms with Crippen LogP contribution >= 0.6 is 0 Å². The van der Waals surface area contributed by atoms with Crippen molar-refractivity contribution in [2.24, 2.45) is 34.9 Å². The van der Waals surface area contributed by atoms with Crippen LogP contribution in [0.5, 0.6) is 0 Å². The van der Waals surface area contributed by atoms with Crippen LogP contribution in [0.3, 0.4) is 0 Å². The van der Waals surface area contributed by atoms with Crippen molar-refractivity contribution in [3.8, 4) is 0 Å². The highest BCUT2D eigenvalue weighted by molar-refractivity contribution is 6.36. The van der Waals surface area contributed by atoms with Gasteiger partial charge in [-0.25, -0.2) is 15.0 Å². The summed E-state index contributed by atoms with van der Waals surface area (Å²) in [6.45, 7) is 11.0. The lowest BCUT2D eigenvalue weighted by atomic mass is 10.00. The normalized spacial score (nSPS) is 17.4. The molecule has 410 valence electrons. The molecule has 4 aromatic heterocycles. The van der Waals surface area contributed by atoms with Crippen LogP contribution in [0.25, 0.3) is 16.7 Å². The fourth-order valence-electron chi connectivity index (χ4n) is 9.85. The van der Waals surface area contributed by atoms with Gasteiger partial charge in [0.05, 0.1) is 74.6 Å². The molecule has 0 fully saturated rings. The SMILES string of the molecule is CCCCN=C(O)CN1C=CC=CC1=C1C2=NC(=C(c3cccc[n+]3CC(O)=NCCCC)C3=NC(=C(c4cccc[n+]4CC(O)=NCCCC)c4ccc([nH]4)C(c4cccc[n+]4CC(O)=NCCCC)=C4C=CC1=N4)C=C3)C=C2. The highest BCUT2D eigenvalue weighted by Gasteiger charge is 2.34. The number of aromatic amines is 1. The summed E-state index contributed by atoms with van der Waals surface area (Å²) in [7, 11) is 0. The maximum absolute atomic E-state index is 11.3. The molecule has 80 heavy (non-hydrogen) atoms. The molecular weight excluding hydrogens is 1000 g/mol. The lowest BCUT2D eigenvalue weighted by Crippen LogP contribution is -2.42. The second-order valence-electron chi connectivity index (χ2n) is 19.9. The van der Waals surface area contributed by atoms with Gasteiger partial charge in [-0.2, -0.15) is 13.7 Å². The van der Waals surface area contributed by atoms with E-state index in [9.17, 15) is 20.4 Å². The third-order valence-corrected chi connectivity index (χ3v) is 13.9. The maximum atomic E-state index is 11.3. The van der Waals surface area contributed by atoms with Crippen molar-refractivity contribution in [2.45, 2.75) is 98.7 Å². The van der Waals surface area contributed by atoms with Crippen molar-refractivity contribution in [2.75, 3.05) is 32.7 Å². The Kier molecular flexibility index (Phi) is 18.9. The number of H-pyrrole nitrogens is 1. The predicted octanol–water partition coefficient (Wildman–Crippen LogP) is 10.5. The minimum Gasteiger partial charge on any atom is -0.495 e. The van der Waals surface area contributed by atoms with Crippen molar-refractivity contribution in [1.82, 2.24) is 9.88 Å². The zero-order valence-electron chi connectivity index (χ0n) is 46.4. The lowest BCUT2D eigenvalue weighted by Gasteiger charge is -2.26. The molecule has 0 unspecified atom stereocenters. The van der Waals surface area contributed by atoms with Gasteiger partial charge in [0.2, 0.25) is 60.3 Å². The van der Waals surface area contributed by atoms with Gasteiger partial charge in [-0.15, -0.1) is 0 Å². The Labute approximate surface area is 468 Å². The molecule has 0 saturated heterocycles. The molecule has 4 aromatic rings. The molecule has 0 spiro atoms. The van der Waals surface area contributed by atoms with Crippen LogP contribution in [-0.2, 0) is 19.6 Å². The Balaban J connectivity index is 1.34. The fourth-order valence-corrected chi connectivity index (χ4v) is 9.85. The van der Waals surface area contributed by atoms with Crippen LogP contribution in [0.2, 0.25) is 0 Å². The van der Waals surface area contributed by atoms with Gasteiger partial charge < -0.3 is 30.3 Å². The third-order valence-electron chi connectivity index (χ3n) is 13.9. The van der Waals surface area contributed by atoms with Crippen LogP contribution in [0.1, 0.15) is 108 Å². The van der Waals surface area contributed by atoms with Gasteiger partial charge in [-0.05, 0) is 105 Å². The average Bonchev–Trinajstić information content (AvgIpc) is 4.40. The number of aliphatic hydroxyl groups excluding tert-OH is 4. The Bertz CT molecular complexity index is 3490. The number of nitrogens with zero attached hydrogens (tertiary/aromatic N) is 11. The smallest absolute Gasteiger partial charge is 0.249 e. The summed E-state index contributed by atoms with van der Waals surface area (Å²) in [4.78, 5) is 40.5. The van der Waals surface area contributed by atoms with Crippen LogP contribution in [0.4, 0.5) is 0 Å². The van der Waals surface area contributed by atoms with E-state index in [4.69, 9.17) is 15.0 Å². The zero-order valence-corrected chi connectivity index (χ0v) is 46.4. The first-order chi connectivity index (χ1) is 39.2. The second-order valence-corrected chi connectivity index (χ2v) is 19.9. The van der Waals surface area contributed by atoms with E-state index in [0.29, 0.717) is 71.6 Å². The maximum Gasteiger partial charge on any atom is 0.249 e. The molecule has 0 radical (unpaired) electrons. The number of aliphatic hydroxyl groups is 4.